The van der Waals surface area contributed by atoms with Crippen LogP contribution in [0, 0.1) is 12.3 Å². The van der Waals surface area contributed by atoms with Gasteiger partial charge in [-0.15, -0.1) is 0 Å². The maximum atomic E-state index is 6.38. The number of aromatic nitrogens is 2. The molecule has 0 spiro atoms. The molecule has 0 bridgehead atoms. The van der Waals surface area contributed by atoms with Crippen molar-refractivity contribution < 1.29 is 0 Å². The minimum absolute atomic E-state index is 0.234. The summed E-state index contributed by atoms with van der Waals surface area (Å²) in [7, 11) is 1.91. The lowest BCUT2D eigenvalue weighted by atomic mass is 9.72. The van der Waals surface area contributed by atoms with E-state index in [-0.39, 0.29) is 5.41 Å². The van der Waals surface area contributed by atoms with Crippen LogP contribution in [-0.2, 0) is 13.5 Å². The van der Waals surface area contributed by atoms with Gasteiger partial charge in [0.2, 0.25) is 0 Å². The molecule has 1 aliphatic rings. The van der Waals surface area contributed by atoms with Crippen molar-refractivity contribution in [2.24, 2.45) is 18.2 Å². The third kappa shape index (κ3) is 3.32. The van der Waals surface area contributed by atoms with Crippen LogP contribution in [0.3, 0.4) is 0 Å². The highest BCUT2D eigenvalue weighted by molar-refractivity contribution is 6.30. The van der Waals surface area contributed by atoms with Gasteiger partial charge in [-0.1, -0.05) is 43.7 Å². The third-order valence-corrected chi connectivity index (χ3v) is 5.14. The van der Waals surface area contributed by atoms with Crippen molar-refractivity contribution in [1.82, 2.24) is 9.78 Å². The van der Waals surface area contributed by atoms with E-state index in [9.17, 15) is 0 Å². The maximum Gasteiger partial charge on any atom is 0.130 e. The fraction of sp³-hybridized carbons (Fsp3) is 0.800. The summed E-state index contributed by atoms with van der Waals surface area (Å²) in [6, 6.07) is 0. The molecule has 1 saturated carbocycles. The third-order valence-electron chi connectivity index (χ3n) is 4.67. The van der Waals surface area contributed by atoms with Gasteiger partial charge in [0.05, 0.1) is 5.69 Å². The minimum atomic E-state index is 0.234. The standard InChI is InChI=1S/C15H26ClN3/c1-12-13(14(16)19(2)18-12)10-15(11-17)8-6-4-3-5-7-9-15/h3-11,17H2,1-2H3. The molecule has 1 aliphatic carbocycles. The van der Waals surface area contributed by atoms with Crippen LogP contribution in [0.15, 0.2) is 0 Å². The molecule has 0 aromatic carbocycles. The summed E-state index contributed by atoms with van der Waals surface area (Å²) in [5.41, 5.74) is 8.64. The Hall–Kier alpha value is -0.540. The Kier molecular flexibility index (Phi) is 4.91. The summed E-state index contributed by atoms with van der Waals surface area (Å²) >= 11 is 6.38. The van der Waals surface area contributed by atoms with E-state index < -0.39 is 0 Å². The molecular weight excluding hydrogens is 258 g/mol. The van der Waals surface area contributed by atoms with Crippen molar-refractivity contribution in [3.05, 3.63) is 16.4 Å². The summed E-state index contributed by atoms with van der Waals surface area (Å²) in [5.74, 6) is 0. The molecule has 1 aromatic rings. The quantitative estimate of drug-likeness (QED) is 0.921. The van der Waals surface area contributed by atoms with Crippen LogP contribution < -0.4 is 5.73 Å². The minimum Gasteiger partial charge on any atom is -0.330 e. The molecule has 108 valence electrons. The number of halogens is 1. The Bertz CT molecular complexity index is 417. The highest BCUT2D eigenvalue weighted by Crippen LogP contribution is 2.38. The second kappa shape index (κ2) is 6.27. The van der Waals surface area contributed by atoms with Gasteiger partial charge in [-0.2, -0.15) is 5.10 Å². The first kappa shape index (κ1) is 14.9. The van der Waals surface area contributed by atoms with E-state index in [2.05, 4.69) is 5.10 Å². The number of rotatable bonds is 3. The number of hydrogen-bond acceptors (Lipinski definition) is 2. The molecule has 0 atom stereocenters. The fourth-order valence-electron chi connectivity index (χ4n) is 3.36. The van der Waals surface area contributed by atoms with Crippen LogP contribution in [0.4, 0.5) is 0 Å². The number of nitrogens with two attached hydrogens (primary N) is 1. The zero-order chi connectivity index (χ0) is 13.9. The SMILES string of the molecule is Cc1nn(C)c(Cl)c1CC1(CN)CCCCCCC1. The topological polar surface area (TPSA) is 43.8 Å². The normalized spacial score (nSPS) is 20.0. The molecule has 4 heteroatoms. The van der Waals surface area contributed by atoms with E-state index in [1.165, 1.54) is 50.5 Å². The lowest BCUT2D eigenvalue weighted by molar-refractivity contribution is 0.216. The van der Waals surface area contributed by atoms with Gasteiger partial charge in [-0.05, 0) is 38.1 Å². The largest absolute Gasteiger partial charge is 0.330 e. The molecule has 2 rings (SSSR count). The molecule has 0 unspecified atom stereocenters. The first-order chi connectivity index (χ1) is 9.08. The van der Waals surface area contributed by atoms with Crippen LogP contribution in [0.2, 0.25) is 5.15 Å². The van der Waals surface area contributed by atoms with E-state index in [0.29, 0.717) is 0 Å². The predicted molar refractivity (Wildman–Crippen MR) is 80.5 cm³/mol. The molecule has 19 heavy (non-hydrogen) atoms. The highest BCUT2D eigenvalue weighted by atomic mass is 35.5. The van der Waals surface area contributed by atoms with Gasteiger partial charge in [0.25, 0.3) is 0 Å². The Labute approximate surface area is 121 Å². The summed E-state index contributed by atoms with van der Waals surface area (Å²) in [4.78, 5) is 0. The molecule has 2 N–H and O–H groups in total. The van der Waals surface area contributed by atoms with Crippen molar-refractivity contribution in [3.8, 4) is 0 Å². The lowest BCUT2D eigenvalue weighted by Crippen LogP contribution is -2.33. The van der Waals surface area contributed by atoms with Gasteiger partial charge in [0.15, 0.2) is 0 Å². The summed E-state index contributed by atoms with van der Waals surface area (Å²) in [5, 5.41) is 5.21. The molecule has 0 saturated heterocycles. The van der Waals surface area contributed by atoms with E-state index in [0.717, 1.165) is 23.8 Å². The molecule has 0 aliphatic heterocycles. The second-order valence-electron chi connectivity index (χ2n) is 6.13. The summed E-state index contributed by atoms with van der Waals surface area (Å²) in [6.45, 7) is 2.81. The van der Waals surface area contributed by atoms with Gasteiger partial charge >= 0.3 is 0 Å². The summed E-state index contributed by atoms with van der Waals surface area (Å²) < 4.78 is 1.78. The van der Waals surface area contributed by atoms with Crippen molar-refractivity contribution in [2.75, 3.05) is 6.54 Å². The Morgan fingerprint density at radius 1 is 1.21 bits per heavy atom. The van der Waals surface area contributed by atoms with Crippen molar-refractivity contribution >= 4 is 11.6 Å². The number of aryl methyl sites for hydroxylation is 2. The average Bonchev–Trinajstić information content (AvgIpc) is 2.59. The van der Waals surface area contributed by atoms with Gasteiger partial charge < -0.3 is 5.73 Å². The van der Waals surface area contributed by atoms with Crippen LogP contribution in [0.25, 0.3) is 0 Å². The molecule has 1 heterocycles. The Balaban J connectivity index is 2.20. The van der Waals surface area contributed by atoms with E-state index >= 15 is 0 Å². The van der Waals surface area contributed by atoms with Crippen molar-refractivity contribution in [1.29, 1.82) is 0 Å². The average molecular weight is 284 g/mol. The first-order valence-electron chi connectivity index (χ1n) is 7.46. The Morgan fingerprint density at radius 2 is 1.79 bits per heavy atom. The molecular formula is C15H26ClN3. The molecule has 0 amide bonds. The second-order valence-corrected chi connectivity index (χ2v) is 6.49. The van der Waals surface area contributed by atoms with Crippen LogP contribution in [0.1, 0.15) is 56.2 Å². The maximum absolute atomic E-state index is 6.38. The number of hydrogen-bond donors (Lipinski definition) is 1. The zero-order valence-electron chi connectivity index (χ0n) is 12.2. The molecule has 3 nitrogen and oxygen atoms in total. The lowest BCUT2D eigenvalue weighted by Gasteiger charge is -2.34. The monoisotopic (exact) mass is 283 g/mol. The van der Waals surface area contributed by atoms with E-state index in [4.69, 9.17) is 17.3 Å². The van der Waals surface area contributed by atoms with E-state index in [1.54, 1.807) is 4.68 Å². The first-order valence-corrected chi connectivity index (χ1v) is 7.84. The van der Waals surface area contributed by atoms with Crippen molar-refractivity contribution in [3.63, 3.8) is 0 Å². The van der Waals surface area contributed by atoms with Gasteiger partial charge in [-0.25, -0.2) is 0 Å². The molecule has 0 radical (unpaired) electrons. The summed E-state index contributed by atoms with van der Waals surface area (Å²) in [6.07, 6.45) is 10.1. The zero-order valence-corrected chi connectivity index (χ0v) is 13.0. The van der Waals surface area contributed by atoms with Gasteiger partial charge in [-0.3, -0.25) is 4.68 Å². The molecule has 1 fully saturated rings. The van der Waals surface area contributed by atoms with Gasteiger partial charge in [0.1, 0.15) is 5.15 Å². The van der Waals surface area contributed by atoms with E-state index in [1.807, 2.05) is 14.0 Å². The fourth-order valence-corrected chi connectivity index (χ4v) is 3.60. The van der Waals surface area contributed by atoms with Gasteiger partial charge in [0, 0.05) is 12.6 Å². The predicted octanol–water partition coefficient (Wildman–Crippen LogP) is 3.61. The smallest absolute Gasteiger partial charge is 0.130 e. The van der Waals surface area contributed by atoms with Crippen LogP contribution >= 0.6 is 11.6 Å². The number of nitrogens with zero attached hydrogens (tertiary/aromatic N) is 2. The van der Waals surface area contributed by atoms with Crippen LogP contribution in [0.5, 0.6) is 0 Å². The molecule has 1 aromatic heterocycles. The van der Waals surface area contributed by atoms with Crippen LogP contribution in [-0.4, -0.2) is 16.3 Å². The Morgan fingerprint density at radius 3 is 2.26 bits per heavy atom. The van der Waals surface area contributed by atoms with Crippen molar-refractivity contribution in [2.45, 2.75) is 58.3 Å². The highest BCUT2D eigenvalue weighted by Gasteiger charge is 2.31.